The van der Waals surface area contributed by atoms with Crippen LogP contribution in [0.2, 0.25) is 0 Å². The summed E-state index contributed by atoms with van der Waals surface area (Å²) in [7, 11) is 1.54. The summed E-state index contributed by atoms with van der Waals surface area (Å²) >= 11 is 0. The van der Waals surface area contributed by atoms with Crippen LogP contribution in [-0.4, -0.2) is 25.5 Å². The zero-order valence-corrected chi connectivity index (χ0v) is 11.2. The number of anilines is 1. The number of hydrogen-bond acceptors (Lipinski definition) is 5. The lowest BCUT2D eigenvalue weighted by Gasteiger charge is -2.09. The van der Waals surface area contributed by atoms with E-state index >= 15 is 0 Å². The van der Waals surface area contributed by atoms with Gasteiger partial charge >= 0.3 is 5.97 Å². The Bertz CT molecular complexity index is 494. The van der Waals surface area contributed by atoms with Gasteiger partial charge in [0.15, 0.2) is 5.78 Å². The predicted molar refractivity (Wildman–Crippen MR) is 72.0 cm³/mol. The Hall–Kier alpha value is -2.30. The summed E-state index contributed by atoms with van der Waals surface area (Å²) in [6, 6.07) is 7.19. The number of hydrogen-bond donors (Lipinski definition) is 1. The number of rotatable bonds is 6. The van der Waals surface area contributed by atoms with Crippen molar-refractivity contribution in [3.63, 3.8) is 0 Å². The lowest BCUT2D eigenvalue weighted by molar-refractivity contribution is -0.139. The molecule has 1 rings (SSSR count). The number of methoxy groups -OCH3 is 1. The summed E-state index contributed by atoms with van der Waals surface area (Å²) in [5.41, 5.74) is 0.626. The monoisotopic (exact) mass is 263 g/mol. The van der Waals surface area contributed by atoms with Gasteiger partial charge in [-0.15, -0.1) is 0 Å². The number of carbonyl (C=O) groups excluding carboxylic acids is 2. The number of benzene rings is 1. The van der Waals surface area contributed by atoms with Crippen LogP contribution in [0.5, 0.6) is 5.75 Å². The van der Waals surface area contributed by atoms with Gasteiger partial charge < -0.3 is 14.8 Å². The summed E-state index contributed by atoms with van der Waals surface area (Å²) in [5, 5.41) is 2.88. The number of ketones is 1. The number of esters is 1. The van der Waals surface area contributed by atoms with Crippen LogP contribution in [0.25, 0.3) is 0 Å². The van der Waals surface area contributed by atoms with Crippen molar-refractivity contribution in [3.05, 3.63) is 36.0 Å². The van der Waals surface area contributed by atoms with E-state index in [0.29, 0.717) is 11.4 Å². The molecule has 0 aliphatic rings. The van der Waals surface area contributed by atoms with Gasteiger partial charge in [-0.2, -0.15) is 0 Å². The van der Waals surface area contributed by atoms with Crippen molar-refractivity contribution in [2.24, 2.45) is 0 Å². The molecule has 0 aromatic heterocycles. The Balaban J connectivity index is 2.92. The first-order chi connectivity index (χ1) is 9.10. The first-order valence-electron chi connectivity index (χ1n) is 5.88. The molecular weight excluding hydrogens is 246 g/mol. The highest BCUT2D eigenvalue weighted by Crippen LogP contribution is 2.23. The number of para-hydroxylation sites is 2. The van der Waals surface area contributed by atoms with Gasteiger partial charge in [0.1, 0.15) is 11.3 Å². The van der Waals surface area contributed by atoms with Crippen molar-refractivity contribution in [1.29, 1.82) is 0 Å². The first-order valence-corrected chi connectivity index (χ1v) is 5.88. The van der Waals surface area contributed by atoms with E-state index in [1.54, 1.807) is 26.2 Å². The molecule has 1 N–H and O–H groups in total. The summed E-state index contributed by atoms with van der Waals surface area (Å²) in [6.45, 7) is 3.22. The smallest absolute Gasteiger partial charge is 0.343 e. The Morgan fingerprint density at radius 1 is 1.32 bits per heavy atom. The third-order valence-corrected chi connectivity index (χ3v) is 2.35. The highest BCUT2D eigenvalue weighted by atomic mass is 16.5. The minimum atomic E-state index is -0.641. The van der Waals surface area contributed by atoms with Crippen LogP contribution in [-0.2, 0) is 14.3 Å². The molecule has 0 spiro atoms. The molecule has 0 radical (unpaired) electrons. The van der Waals surface area contributed by atoms with E-state index < -0.39 is 5.97 Å². The summed E-state index contributed by atoms with van der Waals surface area (Å²) < 4.78 is 9.96. The molecule has 5 heteroatoms. The van der Waals surface area contributed by atoms with Crippen LogP contribution in [0.1, 0.15) is 13.8 Å². The lowest BCUT2D eigenvalue weighted by atomic mass is 10.2. The van der Waals surface area contributed by atoms with Gasteiger partial charge in [-0.1, -0.05) is 12.1 Å². The van der Waals surface area contributed by atoms with E-state index in [2.05, 4.69) is 5.32 Å². The highest BCUT2D eigenvalue weighted by Gasteiger charge is 2.15. The molecule has 0 bridgehead atoms. The molecule has 0 aliphatic heterocycles. The van der Waals surface area contributed by atoms with Crippen molar-refractivity contribution in [2.45, 2.75) is 13.8 Å². The minimum absolute atomic E-state index is 0.0345. The second kappa shape index (κ2) is 7.20. The van der Waals surface area contributed by atoms with Crippen LogP contribution in [0.3, 0.4) is 0 Å². The topological polar surface area (TPSA) is 64.6 Å². The Morgan fingerprint density at radius 2 is 2.00 bits per heavy atom. The molecule has 5 nitrogen and oxygen atoms in total. The van der Waals surface area contributed by atoms with Crippen molar-refractivity contribution >= 4 is 17.4 Å². The SMILES string of the molecule is CCOC(=O)/C(=C/Nc1ccccc1OC)C(C)=O. The van der Waals surface area contributed by atoms with Crippen molar-refractivity contribution in [1.82, 2.24) is 0 Å². The molecule has 1 aromatic carbocycles. The van der Waals surface area contributed by atoms with Crippen LogP contribution in [0.4, 0.5) is 5.69 Å². The normalized spacial score (nSPS) is 10.8. The third-order valence-electron chi connectivity index (χ3n) is 2.35. The van der Waals surface area contributed by atoms with E-state index in [-0.39, 0.29) is 18.0 Å². The zero-order chi connectivity index (χ0) is 14.3. The van der Waals surface area contributed by atoms with E-state index in [1.165, 1.54) is 13.1 Å². The summed E-state index contributed by atoms with van der Waals surface area (Å²) in [4.78, 5) is 23.0. The quantitative estimate of drug-likeness (QED) is 0.369. The minimum Gasteiger partial charge on any atom is -0.495 e. The molecule has 0 heterocycles. The fourth-order valence-electron chi connectivity index (χ4n) is 1.43. The first kappa shape index (κ1) is 14.8. The number of ether oxygens (including phenoxy) is 2. The highest BCUT2D eigenvalue weighted by molar-refractivity contribution is 6.16. The second-order valence-electron chi connectivity index (χ2n) is 3.68. The predicted octanol–water partition coefficient (Wildman–Crippen LogP) is 2.14. The number of nitrogens with one attached hydrogen (secondary N) is 1. The Morgan fingerprint density at radius 3 is 2.58 bits per heavy atom. The van der Waals surface area contributed by atoms with Gasteiger partial charge in [-0.05, 0) is 26.0 Å². The Labute approximate surface area is 112 Å². The maximum absolute atomic E-state index is 11.6. The Kier molecular flexibility index (Phi) is 5.60. The fourth-order valence-corrected chi connectivity index (χ4v) is 1.43. The van der Waals surface area contributed by atoms with Gasteiger partial charge in [-0.3, -0.25) is 4.79 Å². The lowest BCUT2D eigenvalue weighted by Crippen LogP contribution is -2.15. The van der Waals surface area contributed by atoms with Crippen LogP contribution in [0, 0.1) is 0 Å². The van der Waals surface area contributed by atoms with Crippen molar-refractivity contribution < 1.29 is 19.1 Å². The van der Waals surface area contributed by atoms with Crippen molar-refractivity contribution in [2.75, 3.05) is 19.0 Å². The molecule has 1 aromatic rings. The zero-order valence-electron chi connectivity index (χ0n) is 11.2. The number of carbonyl (C=O) groups is 2. The molecule has 0 amide bonds. The molecule has 0 aliphatic carbocycles. The fraction of sp³-hybridized carbons (Fsp3) is 0.286. The van der Waals surface area contributed by atoms with Crippen LogP contribution < -0.4 is 10.1 Å². The molecule has 0 saturated carbocycles. The summed E-state index contributed by atoms with van der Waals surface area (Å²) in [5.74, 6) is -0.385. The van der Waals surface area contributed by atoms with Crippen molar-refractivity contribution in [3.8, 4) is 5.75 Å². The van der Waals surface area contributed by atoms with Gasteiger partial charge in [0.05, 0.1) is 19.4 Å². The standard InChI is InChI=1S/C14H17NO4/c1-4-19-14(17)11(10(2)16)9-15-12-7-5-6-8-13(12)18-3/h5-9,15H,4H2,1-3H3/b11-9+. The number of Topliss-reactive ketones (excluding diaryl/α,β-unsaturated/α-hetero) is 1. The summed E-state index contributed by atoms with van der Waals surface area (Å²) in [6.07, 6.45) is 1.33. The molecule has 0 unspecified atom stereocenters. The maximum atomic E-state index is 11.6. The molecular formula is C14H17NO4. The molecule has 0 fully saturated rings. The van der Waals surface area contributed by atoms with E-state index in [0.717, 1.165) is 0 Å². The van der Waals surface area contributed by atoms with E-state index in [4.69, 9.17) is 9.47 Å². The molecule has 0 atom stereocenters. The van der Waals surface area contributed by atoms with Gasteiger partial charge in [0, 0.05) is 6.20 Å². The average molecular weight is 263 g/mol. The van der Waals surface area contributed by atoms with E-state index in [9.17, 15) is 9.59 Å². The van der Waals surface area contributed by atoms with Crippen LogP contribution >= 0.6 is 0 Å². The largest absolute Gasteiger partial charge is 0.495 e. The molecule has 19 heavy (non-hydrogen) atoms. The second-order valence-corrected chi connectivity index (χ2v) is 3.68. The van der Waals surface area contributed by atoms with Gasteiger partial charge in [-0.25, -0.2) is 4.79 Å². The van der Waals surface area contributed by atoms with E-state index in [1.807, 2.05) is 12.1 Å². The maximum Gasteiger partial charge on any atom is 0.343 e. The molecule has 102 valence electrons. The van der Waals surface area contributed by atoms with Gasteiger partial charge in [0.25, 0.3) is 0 Å². The molecule has 0 saturated heterocycles. The third kappa shape index (κ3) is 4.13. The van der Waals surface area contributed by atoms with Crippen LogP contribution in [0.15, 0.2) is 36.0 Å². The average Bonchev–Trinajstić information content (AvgIpc) is 2.39. The van der Waals surface area contributed by atoms with Gasteiger partial charge in [0.2, 0.25) is 0 Å².